The Labute approximate surface area is 156 Å². The lowest BCUT2D eigenvalue weighted by atomic mass is 9.66. The molecule has 0 saturated carbocycles. The first-order valence-electron chi connectivity index (χ1n) is 9.24. The summed E-state index contributed by atoms with van der Waals surface area (Å²) in [5, 5.41) is 0. The van der Waals surface area contributed by atoms with Gasteiger partial charge in [-0.2, -0.15) is 0 Å². The van der Waals surface area contributed by atoms with Crippen LogP contribution in [0.5, 0.6) is 0 Å². The van der Waals surface area contributed by atoms with Crippen LogP contribution in [0.4, 0.5) is 0 Å². The Morgan fingerprint density at radius 3 is 1.65 bits per heavy atom. The molecule has 0 radical (unpaired) electrons. The number of rotatable bonds is 2. The zero-order valence-corrected chi connectivity index (χ0v) is 14.9. The fourth-order valence-electron chi connectivity index (χ4n) is 3.84. The van der Waals surface area contributed by atoms with Crippen molar-refractivity contribution in [1.82, 2.24) is 0 Å². The SMILES string of the molecule is C(#Cc1ccccc1)C1=CCC(c2ccccc2)(c2ccccc2)CC1. The summed E-state index contributed by atoms with van der Waals surface area (Å²) in [6, 6.07) is 32.1. The second-order valence-electron chi connectivity index (χ2n) is 6.86. The van der Waals surface area contributed by atoms with E-state index < -0.39 is 0 Å². The van der Waals surface area contributed by atoms with Gasteiger partial charge in [-0.15, -0.1) is 0 Å². The van der Waals surface area contributed by atoms with Crippen LogP contribution in [0.3, 0.4) is 0 Å². The Morgan fingerprint density at radius 1 is 0.615 bits per heavy atom. The van der Waals surface area contributed by atoms with E-state index in [1.807, 2.05) is 18.2 Å². The summed E-state index contributed by atoms with van der Waals surface area (Å²) >= 11 is 0. The molecule has 0 aliphatic heterocycles. The smallest absolute Gasteiger partial charge is 0.0248 e. The van der Waals surface area contributed by atoms with Crippen LogP contribution < -0.4 is 0 Å². The molecule has 0 N–H and O–H groups in total. The number of allylic oxidation sites excluding steroid dienone is 2. The first-order chi connectivity index (χ1) is 12.9. The molecule has 0 amide bonds. The van der Waals surface area contributed by atoms with Gasteiger partial charge in [0.1, 0.15) is 0 Å². The molecular weight excluding hydrogens is 312 g/mol. The van der Waals surface area contributed by atoms with Crippen LogP contribution in [-0.4, -0.2) is 0 Å². The maximum Gasteiger partial charge on any atom is 0.0248 e. The molecule has 0 unspecified atom stereocenters. The molecule has 0 spiro atoms. The maximum absolute atomic E-state index is 3.39. The molecule has 126 valence electrons. The maximum atomic E-state index is 3.39. The van der Waals surface area contributed by atoms with Crippen LogP contribution in [0.15, 0.2) is 103 Å². The third kappa shape index (κ3) is 3.35. The molecule has 4 rings (SSSR count). The normalized spacial score (nSPS) is 15.5. The Hall–Kier alpha value is -3.04. The lowest BCUT2D eigenvalue weighted by molar-refractivity contribution is 0.460. The fourth-order valence-corrected chi connectivity index (χ4v) is 3.84. The Morgan fingerprint density at radius 2 is 1.15 bits per heavy atom. The van der Waals surface area contributed by atoms with E-state index >= 15 is 0 Å². The molecule has 0 bridgehead atoms. The molecule has 1 aliphatic rings. The van der Waals surface area contributed by atoms with Gasteiger partial charge in [0.25, 0.3) is 0 Å². The van der Waals surface area contributed by atoms with Crippen molar-refractivity contribution >= 4 is 0 Å². The summed E-state index contributed by atoms with van der Waals surface area (Å²) in [6.07, 6.45) is 5.46. The van der Waals surface area contributed by atoms with Gasteiger partial charge in [-0.25, -0.2) is 0 Å². The average Bonchev–Trinajstić information content (AvgIpc) is 2.75. The van der Waals surface area contributed by atoms with Crippen molar-refractivity contribution < 1.29 is 0 Å². The van der Waals surface area contributed by atoms with Gasteiger partial charge in [0.05, 0.1) is 0 Å². The van der Waals surface area contributed by atoms with Crippen molar-refractivity contribution in [1.29, 1.82) is 0 Å². The molecule has 0 aromatic heterocycles. The zero-order chi connectivity index (χ0) is 17.7. The minimum Gasteiger partial charge on any atom is -0.0717 e. The second-order valence-corrected chi connectivity index (χ2v) is 6.86. The highest BCUT2D eigenvalue weighted by atomic mass is 14.4. The lowest BCUT2D eigenvalue weighted by Gasteiger charge is -2.37. The summed E-state index contributed by atoms with van der Waals surface area (Å²) in [4.78, 5) is 0. The molecular formula is C26H22. The van der Waals surface area contributed by atoms with Crippen molar-refractivity contribution in [2.24, 2.45) is 0 Å². The van der Waals surface area contributed by atoms with E-state index in [1.54, 1.807) is 0 Å². The standard InChI is InChI=1S/C26H22/c1-4-10-22(11-5-1)16-17-23-18-20-26(21-19-23,24-12-6-2-7-13-24)25-14-8-3-9-15-25/h1-15,18H,19-21H2. The molecule has 0 fully saturated rings. The van der Waals surface area contributed by atoms with E-state index in [-0.39, 0.29) is 5.41 Å². The number of hydrogen-bond donors (Lipinski definition) is 0. The van der Waals surface area contributed by atoms with Crippen LogP contribution in [0.1, 0.15) is 36.0 Å². The van der Waals surface area contributed by atoms with E-state index in [4.69, 9.17) is 0 Å². The summed E-state index contributed by atoms with van der Waals surface area (Å²) in [6.45, 7) is 0. The summed E-state index contributed by atoms with van der Waals surface area (Å²) < 4.78 is 0. The van der Waals surface area contributed by atoms with Crippen molar-refractivity contribution in [2.75, 3.05) is 0 Å². The minimum absolute atomic E-state index is 0.0560. The van der Waals surface area contributed by atoms with E-state index in [9.17, 15) is 0 Å². The fraction of sp³-hybridized carbons (Fsp3) is 0.154. The van der Waals surface area contributed by atoms with Crippen molar-refractivity contribution in [3.05, 3.63) is 119 Å². The summed E-state index contributed by atoms with van der Waals surface area (Å²) in [5.74, 6) is 6.69. The predicted molar refractivity (Wildman–Crippen MR) is 109 cm³/mol. The van der Waals surface area contributed by atoms with Gasteiger partial charge in [0.2, 0.25) is 0 Å². The van der Waals surface area contributed by atoms with Crippen LogP contribution in [0, 0.1) is 11.8 Å². The van der Waals surface area contributed by atoms with Gasteiger partial charge in [0.15, 0.2) is 0 Å². The molecule has 0 nitrogen and oxygen atoms in total. The minimum atomic E-state index is 0.0560. The molecule has 0 heteroatoms. The molecule has 3 aromatic rings. The highest BCUT2D eigenvalue weighted by Gasteiger charge is 2.35. The Balaban J connectivity index is 1.67. The van der Waals surface area contributed by atoms with Crippen LogP contribution in [-0.2, 0) is 5.41 Å². The first kappa shape index (κ1) is 16.4. The molecule has 26 heavy (non-hydrogen) atoms. The highest BCUT2D eigenvalue weighted by molar-refractivity contribution is 5.46. The molecule has 0 heterocycles. The lowest BCUT2D eigenvalue weighted by Crippen LogP contribution is -2.29. The van der Waals surface area contributed by atoms with Gasteiger partial charge in [-0.3, -0.25) is 0 Å². The van der Waals surface area contributed by atoms with Crippen molar-refractivity contribution in [2.45, 2.75) is 24.7 Å². The molecule has 1 aliphatic carbocycles. The highest BCUT2D eigenvalue weighted by Crippen LogP contribution is 2.43. The quantitative estimate of drug-likeness (QED) is 0.494. The van der Waals surface area contributed by atoms with E-state index in [0.29, 0.717) is 0 Å². The number of benzene rings is 3. The Bertz CT molecular complexity index is 899. The van der Waals surface area contributed by atoms with E-state index in [2.05, 4.69) is 90.7 Å². The van der Waals surface area contributed by atoms with E-state index in [1.165, 1.54) is 16.7 Å². The van der Waals surface area contributed by atoms with E-state index in [0.717, 1.165) is 24.8 Å². The third-order valence-electron chi connectivity index (χ3n) is 5.31. The average molecular weight is 334 g/mol. The van der Waals surface area contributed by atoms with Crippen LogP contribution in [0.25, 0.3) is 0 Å². The van der Waals surface area contributed by atoms with Gasteiger partial charge in [-0.1, -0.05) is 96.8 Å². The molecule has 3 aromatic carbocycles. The van der Waals surface area contributed by atoms with Gasteiger partial charge >= 0.3 is 0 Å². The van der Waals surface area contributed by atoms with Crippen molar-refractivity contribution in [3.8, 4) is 11.8 Å². The molecule has 0 atom stereocenters. The largest absolute Gasteiger partial charge is 0.0717 e. The summed E-state index contributed by atoms with van der Waals surface area (Å²) in [5.41, 5.74) is 5.20. The summed E-state index contributed by atoms with van der Waals surface area (Å²) in [7, 11) is 0. The number of hydrogen-bond acceptors (Lipinski definition) is 0. The van der Waals surface area contributed by atoms with Gasteiger partial charge < -0.3 is 0 Å². The first-order valence-corrected chi connectivity index (χ1v) is 9.24. The Kier molecular flexibility index (Phi) is 4.71. The third-order valence-corrected chi connectivity index (χ3v) is 5.31. The second kappa shape index (κ2) is 7.46. The zero-order valence-electron chi connectivity index (χ0n) is 14.9. The monoisotopic (exact) mass is 334 g/mol. The van der Waals surface area contributed by atoms with Crippen LogP contribution >= 0.6 is 0 Å². The van der Waals surface area contributed by atoms with Gasteiger partial charge in [0, 0.05) is 11.0 Å². The van der Waals surface area contributed by atoms with Crippen LogP contribution in [0.2, 0.25) is 0 Å². The predicted octanol–water partition coefficient (Wildman–Crippen LogP) is 6.13. The topological polar surface area (TPSA) is 0 Å². The van der Waals surface area contributed by atoms with Crippen molar-refractivity contribution in [3.63, 3.8) is 0 Å². The molecule has 0 saturated heterocycles. The van der Waals surface area contributed by atoms with Gasteiger partial charge in [-0.05, 0) is 48.1 Å².